The number of rotatable bonds is 6. The number of carbonyl (C=O) groups is 1. The summed E-state index contributed by atoms with van der Waals surface area (Å²) < 4.78 is 5.20. The summed E-state index contributed by atoms with van der Waals surface area (Å²) in [6.45, 7) is 6.06. The minimum Gasteiger partial charge on any atom is -0.416 e. The van der Waals surface area contributed by atoms with E-state index in [1.54, 1.807) is 13.8 Å². The summed E-state index contributed by atoms with van der Waals surface area (Å²) in [6.07, 6.45) is 0. The minimum atomic E-state index is -0.762. The monoisotopic (exact) mass is 244 g/mol. The van der Waals surface area contributed by atoms with Gasteiger partial charge in [-0.3, -0.25) is 4.79 Å². The molecule has 0 aromatic carbocycles. The molecule has 6 nitrogen and oxygen atoms in total. The van der Waals surface area contributed by atoms with Crippen molar-refractivity contribution in [3.63, 3.8) is 0 Å². The highest BCUT2D eigenvalue weighted by atomic mass is 32.2. The molecule has 1 aromatic heterocycles. The van der Waals surface area contributed by atoms with Crippen molar-refractivity contribution < 1.29 is 9.21 Å². The van der Waals surface area contributed by atoms with Gasteiger partial charge in [0.15, 0.2) is 0 Å². The first-order valence-electron chi connectivity index (χ1n) is 4.96. The summed E-state index contributed by atoms with van der Waals surface area (Å²) in [7, 11) is 0. The molecular formula is C9H16N4O2S. The number of likely N-dealkylation sites (N-methyl/N-ethyl adjacent to an activating group) is 1. The summed E-state index contributed by atoms with van der Waals surface area (Å²) in [5.41, 5.74) is 4.58. The second-order valence-corrected chi connectivity index (χ2v) is 4.53. The second-order valence-electron chi connectivity index (χ2n) is 3.60. The minimum absolute atomic E-state index is 0.391. The van der Waals surface area contributed by atoms with E-state index in [9.17, 15) is 4.79 Å². The Morgan fingerprint density at radius 3 is 2.75 bits per heavy atom. The number of hydrogen-bond donors (Lipinski definition) is 2. The van der Waals surface area contributed by atoms with Crippen LogP contribution >= 0.6 is 11.8 Å². The number of nitrogens with two attached hydrogens (primary N) is 1. The first kappa shape index (κ1) is 13.0. The first-order chi connectivity index (χ1) is 7.48. The van der Waals surface area contributed by atoms with Gasteiger partial charge in [0, 0.05) is 12.7 Å². The van der Waals surface area contributed by atoms with Crippen LogP contribution in [0.5, 0.6) is 0 Å². The largest absolute Gasteiger partial charge is 0.416 e. The molecule has 1 rings (SSSR count). The fraction of sp³-hybridized carbons (Fsp3) is 0.667. The fourth-order valence-corrected chi connectivity index (χ4v) is 2.08. The Hall–Kier alpha value is -1.08. The number of hydrogen-bond acceptors (Lipinski definition) is 6. The summed E-state index contributed by atoms with van der Waals surface area (Å²) in [4.78, 5) is 11.3. The molecule has 0 aliphatic heterocycles. The lowest BCUT2D eigenvalue weighted by Crippen LogP contribution is -2.55. The van der Waals surface area contributed by atoms with Gasteiger partial charge < -0.3 is 15.5 Å². The number of nitrogens with one attached hydrogen (secondary N) is 1. The average Bonchev–Trinajstić information content (AvgIpc) is 2.61. The highest BCUT2D eigenvalue weighted by molar-refractivity contribution is 7.99. The molecule has 1 aromatic rings. The lowest BCUT2D eigenvalue weighted by molar-refractivity contribution is -0.122. The first-order valence-corrected chi connectivity index (χ1v) is 5.94. The van der Waals surface area contributed by atoms with Crippen molar-refractivity contribution in [3.05, 3.63) is 5.89 Å². The van der Waals surface area contributed by atoms with E-state index in [-0.39, 0.29) is 0 Å². The van der Waals surface area contributed by atoms with Gasteiger partial charge in [-0.25, -0.2) is 0 Å². The summed E-state index contributed by atoms with van der Waals surface area (Å²) in [6, 6.07) is 0. The fourth-order valence-electron chi connectivity index (χ4n) is 1.14. The van der Waals surface area contributed by atoms with E-state index >= 15 is 0 Å². The van der Waals surface area contributed by atoms with Gasteiger partial charge >= 0.3 is 0 Å². The molecule has 0 fully saturated rings. The van der Waals surface area contributed by atoms with Gasteiger partial charge in [0.05, 0.1) is 0 Å². The lowest BCUT2D eigenvalue weighted by Gasteiger charge is -2.25. The molecule has 0 aliphatic carbocycles. The van der Waals surface area contributed by atoms with Gasteiger partial charge in [0.25, 0.3) is 5.22 Å². The van der Waals surface area contributed by atoms with Gasteiger partial charge in [-0.2, -0.15) is 0 Å². The molecule has 0 radical (unpaired) electrons. The molecule has 16 heavy (non-hydrogen) atoms. The second kappa shape index (κ2) is 5.31. The highest BCUT2D eigenvalue weighted by Crippen LogP contribution is 2.21. The smallest absolute Gasteiger partial charge is 0.276 e. The summed E-state index contributed by atoms with van der Waals surface area (Å²) in [5, 5.41) is 11.0. The molecule has 0 aliphatic rings. The average molecular weight is 244 g/mol. The van der Waals surface area contributed by atoms with Gasteiger partial charge in [-0.1, -0.05) is 18.7 Å². The lowest BCUT2D eigenvalue weighted by atomic mass is 10.1. The summed E-state index contributed by atoms with van der Waals surface area (Å²) >= 11 is 1.31. The molecule has 0 spiro atoms. The molecular weight excluding hydrogens is 228 g/mol. The van der Waals surface area contributed by atoms with Crippen molar-refractivity contribution >= 4 is 17.7 Å². The maximum Gasteiger partial charge on any atom is 0.276 e. The third-order valence-corrected chi connectivity index (χ3v) is 3.24. The summed E-state index contributed by atoms with van der Waals surface area (Å²) in [5.74, 6) is 0.572. The molecule has 0 bridgehead atoms. The predicted molar refractivity (Wildman–Crippen MR) is 61.0 cm³/mol. The Kier molecular flexibility index (Phi) is 4.31. The topological polar surface area (TPSA) is 94.0 Å². The van der Waals surface area contributed by atoms with Gasteiger partial charge in [0.2, 0.25) is 11.8 Å². The normalized spacial score (nSPS) is 14.7. The van der Waals surface area contributed by atoms with Crippen LogP contribution in [-0.2, 0) is 4.79 Å². The molecule has 1 unspecified atom stereocenters. The van der Waals surface area contributed by atoms with Crippen LogP contribution in [-0.4, -0.2) is 33.9 Å². The van der Waals surface area contributed by atoms with Gasteiger partial charge in [0.1, 0.15) is 5.54 Å². The number of amides is 1. The number of primary amides is 1. The van der Waals surface area contributed by atoms with Gasteiger partial charge in [-0.05, 0) is 13.5 Å². The van der Waals surface area contributed by atoms with E-state index < -0.39 is 11.4 Å². The Morgan fingerprint density at radius 1 is 1.62 bits per heavy atom. The number of thioether (sulfide) groups is 1. The van der Waals surface area contributed by atoms with Crippen LogP contribution in [0, 0.1) is 6.92 Å². The van der Waals surface area contributed by atoms with E-state index in [1.807, 2.05) is 6.92 Å². The Bertz CT molecular complexity index is 368. The zero-order valence-electron chi connectivity index (χ0n) is 9.61. The molecule has 1 amide bonds. The van der Waals surface area contributed by atoms with Crippen molar-refractivity contribution in [3.8, 4) is 0 Å². The van der Waals surface area contributed by atoms with Crippen LogP contribution in [0.25, 0.3) is 0 Å². The third-order valence-electron chi connectivity index (χ3n) is 2.10. The number of nitrogens with zero attached hydrogens (tertiary/aromatic N) is 2. The van der Waals surface area contributed by atoms with E-state index in [4.69, 9.17) is 10.2 Å². The maximum atomic E-state index is 11.3. The van der Waals surface area contributed by atoms with Gasteiger partial charge in [-0.15, -0.1) is 10.2 Å². The molecule has 7 heteroatoms. The van der Waals surface area contributed by atoms with Crippen molar-refractivity contribution in [1.29, 1.82) is 0 Å². The third kappa shape index (κ3) is 3.21. The Labute approximate surface area is 98.4 Å². The van der Waals surface area contributed by atoms with Crippen molar-refractivity contribution in [2.24, 2.45) is 5.73 Å². The molecule has 1 atom stereocenters. The Morgan fingerprint density at radius 2 is 2.31 bits per heavy atom. The highest BCUT2D eigenvalue weighted by Gasteiger charge is 2.30. The number of aromatic nitrogens is 2. The number of carbonyl (C=O) groups excluding carboxylic acids is 1. The molecule has 1 heterocycles. The standard InChI is InChI=1S/C9H16N4O2S/c1-4-11-9(3,7(10)14)5-16-8-13-12-6(2)15-8/h11H,4-5H2,1-3H3,(H2,10,14). The van der Waals surface area contributed by atoms with E-state index in [2.05, 4.69) is 15.5 Å². The van der Waals surface area contributed by atoms with Crippen LogP contribution in [0.2, 0.25) is 0 Å². The van der Waals surface area contributed by atoms with Crippen molar-refractivity contribution in [2.45, 2.75) is 31.5 Å². The maximum absolute atomic E-state index is 11.3. The van der Waals surface area contributed by atoms with Crippen LogP contribution in [0.1, 0.15) is 19.7 Å². The van der Waals surface area contributed by atoms with Crippen molar-refractivity contribution in [2.75, 3.05) is 12.3 Å². The van der Waals surface area contributed by atoms with Crippen LogP contribution in [0.4, 0.5) is 0 Å². The zero-order chi connectivity index (χ0) is 12.2. The van der Waals surface area contributed by atoms with Crippen molar-refractivity contribution in [1.82, 2.24) is 15.5 Å². The number of aryl methyl sites for hydroxylation is 1. The molecule has 90 valence electrons. The van der Waals surface area contributed by atoms with E-state index in [0.29, 0.717) is 23.4 Å². The molecule has 3 N–H and O–H groups in total. The van der Waals surface area contributed by atoms with Crippen LogP contribution in [0.15, 0.2) is 9.64 Å². The zero-order valence-corrected chi connectivity index (χ0v) is 10.4. The predicted octanol–water partition coefficient (Wildman–Crippen LogP) is 0.324. The van der Waals surface area contributed by atoms with Crippen LogP contribution in [0.3, 0.4) is 0 Å². The van der Waals surface area contributed by atoms with E-state index in [1.165, 1.54) is 11.8 Å². The molecule has 0 saturated heterocycles. The SMILES string of the molecule is CCNC(C)(CSc1nnc(C)o1)C(N)=O. The van der Waals surface area contributed by atoms with E-state index in [0.717, 1.165) is 0 Å². The van der Waals surface area contributed by atoms with Crippen LogP contribution < -0.4 is 11.1 Å². The quantitative estimate of drug-likeness (QED) is 0.700. The molecule has 0 saturated carbocycles. The Balaban J connectivity index is 2.60.